The van der Waals surface area contributed by atoms with Crippen LogP contribution in [-0.4, -0.2) is 32.3 Å². The largest absolute Gasteiger partial charge is 0.354 e. The van der Waals surface area contributed by atoms with E-state index < -0.39 is 0 Å². The van der Waals surface area contributed by atoms with Gasteiger partial charge in [0, 0.05) is 16.9 Å². The molecule has 0 atom stereocenters. The molecule has 0 aromatic heterocycles. The number of hydrogen-bond donors (Lipinski definition) is 2. The molecule has 2 N–H and O–H groups in total. The molecule has 0 unspecified atom stereocenters. The molecule has 100 valence electrons. The topological polar surface area (TPSA) is 41.1 Å². The highest BCUT2D eigenvalue weighted by atomic mass is 32.2. The van der Waals surface area contributed by atoms with Gasteiger partial charge in [-0.3, -0.25) is 4.79 Å². The van der Waals surface area contributed by atoms with Gasteiger partial charge in [-0.05, 0) is 31.0 Å². The first-order valence-corrected chi connectivity index (χ1v) is 7.28. The van der Waals surface area contributed by atoms with Crippen molar-refractivity contribution < 1.29 is 4.79 Å². The zero-order chi connectivity index (χ0) is 13.6. The third-order valence-corrected chi connectivity index (χ3v) is 3.68. The predicted molar refractivity (Wildman–Crippen MR) is 78.2 cm³/mol. The standard InChI is InChI=1S/C14H22N2OS/c1-14(2,10-16-13(17)9-15-3)11-5-7-12(18-4)8-6-11/h5-8,15H,9-10H2,1-4H3,(H,16,17). The maximum atomic E-state index is 11.4. The molecular formula is C14H22N2OS. The number of thioether (sulfide) groups is 1. The monoisotopic (exact) mass is 266 g/mol. The van der Waals surface area contributed by atoms with E-state index in [-0.39, 0.29) is 11.3 Å². The third kappa shape index (κ3) is 4.35. The van der Waals surface area contributed by atoms with Crippen molar-refractivity contribution in [3.63, 3.8) is 0 Å². The SMILES string of the molecule is CNCC(=O)NCC(C)(C)c1ccc(SC)cc1. The van der Waals surface area contributed by atoms with E-state index in [9.17, 15) is 4.79 Å². The van der Waals surface area contributed by atoms with Gasteiger partial charge in [-0.1, -0.05) is 26.0 Å². The molecule has 1 aromatic rings. The molecule has 0 bridgehead atoms. The van der Waals surface area contributed by atoms with Gasteiger partial charge in [-0.2, -0.15) is 0 Å². The van der Waals surface area contributed by atoms with Crippen LogP contribution >= 0.6 is 11.8 Å². The van der Waals surface area contributed by atoms with Crippen molar-refractivity contribution in [3.8, 4) is 0 Å². The molecule has 0 saturated carbocycles. The summed E-state index contributed by atoms with van der Waals surface area (Å²) in [4.78, 5) is 12.7. The molecule has 18 heavy (non-hydrogen) atoms. The Labute approximate surface area is 114 Å². The fourth-order valence-corrected chi connectivity index (χ4v) is 2.10. The summed E-state index contributed by atoms with van der Waals surface area (Å²) >= 11 is 1.73. The lowest BCUT2D eigenvalue weighted by molar-refractivity contribution is -0.120. The summed E-state index contributed by atoms with van der Waals surface area (Å²) in [5.41, 5.74) is 1.19. The first-order chi connectivity index (χ1) is 8.49. The first-order valence-electron chi connectivity index (χ1n) is 6.05. The normalized spacial score (nSPS) is 11.3. The Balaban J connectivity index is 2.63. The van der Waals surface area contributed by atoms with Gasteiger partial charge in [0.15, 0.2) is 0 Å². The molecule has 1 rings (SSSR count). The van der Waals surface area contributed by atoms with Gasteiger partial charge in [-0.15, -0.1) is 11.8 Å². The fourth-order valence-electron chi connectivity index (χ4n) is 1.69. The van der Waals surface area contributed by atoms with Crippen molar-refractivity contribution >= 4 is 17.7 Å². The highest BCUT2D eigenvalue weighted by Gasteiger charge is 2.21. The highest BCUT2D eigenvalue weighted by Crippen LogP contribution is 2.24. The van der Waals surface area contributed by atoms with Gasteiger partial charge in [-0.25, -0.2) is 0 Å². The van der Waals surface area contributed by atoms with Crippen molar-refractivity contribution in [3.05, 3.63) is 29.8 Å². The first kappa shape index (κ1) is 15.1. The third-order valence-electron chi connectivity index (χ3n) is 2.94. The van der Waals surface area contributed by atoms with Crippen molar-refractivity contribution in [2.24, 2.45) is 0 Å². The van der Waals surface area contributed by atoms with Crippen molar-refractivity contribution in [1.29, 1.82) is 0 Å². The Morgan fingerprint density at radius 3 is 2.39 bits per heavy atom. The van der Waals surface area contributed by atoms with E-state index in [0.717, 1.165) is 0 Å². The maximum absolute atomic E-state index is 11.4. The summed E-state index contributed by atoms with van der Waals surface area (Å²) in [5, 5.41) is 5.79. The molecule has 0 fully saturated rings. The average molecular weight is 266 g/mol. The summed E-state index contributed by atoms with van der Waals surface area (Å²) < 4.78 is 0. The molecule has 0 heterocycles. The summed E-state index contributed by atoms with van der Waals surface area (Å²) in [7, 11) is 1.77. The second-order valence-corrected chi connectivity index (χ2v) is 5.80. The number of carbonyl (C=O) groups excluding carboxylic acids is 1. The lowest BCUT2D eigenvalue weighted by Gasteiger charge is -2.26. The van der Waals surface area contributed by atoms with Gasteiger partial charge < -0.3 is 10.6 Å². The van der Waals surface area contributed by atoms with Crippen molar-refractivity contribution in [2.45, 2.75) is 24.2 Å². The Morgan fingerprint density at radius 2 is 1.89 bits per heavy atom. The Hall–Kier alpha value is -1.00. The predicted octanol–water partition coefficient (Wildman–Crippen LogP) is 2.02. The van der Waals surface area contributed by atoms with Crippen LogP contribution in [0.5, 0.6) is 0 Å². The van der Waals surface area contributed by atoms with E-state index in [4.69, 9.17) is 0 Å². The average Bonchev–Trinajstić information content (AvgIpc) is 2.37. The maximum Gasteiger partial charge on any atom is 0.233 e. The number of carbonyl (C=O) groups is 1. The second-order valence-electron chi connectivity index (χ2n) is 4.92. The van der Waals surface area contributed by atoms with E-state index in [1.54, 1.807) is 18.8 Å². The number of amides is 1. The van der Waals surface area contributed by atoms with Gasteiger partial charge in [0.05, 0.1) is 6.54 Å². The van der Waals surface area contributed by atoms with E-state index >= 15 is 0 Å². The summed E-state index contributed by atoms with van der Waals surface area (Å²) in [5.74, 6) is 0.0336. The van der Waals surface area contributed by atoms with Crippen molar-refractivity contribution in [1.82, 2.24) is 10.6 Å². The number of benzene rings is 1. The highest BCUT2D eigenvalue weighted by molar-refractivity contribution is 7.98. The van der Waals surface area contributed by atoms with Crippen LogP contribution in [0.1, 0.15) is 19.4 Å². The molecule has 0 aliphatic rings. The summed E-state index contributed by atoms with van der Waals surface area (Å²) in [6.07, 6.45) is 2.07. The zero-order valence-corrected chi connectivity index (χ0v) is 12.4. The molecule has 1 amide bonds. The van der Waals surface area contributed by atoms with Crippen LogP contribution in [0.25, 0.3) is 0 Å². The molecule has 3 nitrogen and oxygen atoms in total. The molecule has 4 heteroatoms. The fraction of sp³-hybridized carbons (Fsp3) is 0.500. The van der Waals surface area contributed by atoms with E-state index in [2.05, 4.69) is 55.0 Å². The van der Waals surface area contributed by atoms with Crippen LogP contribution in [0.15, 0.2) is 29.2 Å². The Kier molecular flexibility index (Phi) is 5.69. The van der Waals surface area contributed by atoms with Crippen LogP contribution in [0.4, 0.5) is 0 Å². The Morgan fingerprint density at radius 1 is 1.28 bits per heavy atom. The second kappa shape index (κ2) is 6.81. The van der Waals surface area contributed by atoms with Gasteiger partial charge in [0.2, 0.25) is 5.91 Å². The quantitative estimate of drug-likeness (QED) is 0.774. The summed E-state index contributed by atoms with van der Waals surface area (Å²) in [6.45, 7) is 5.29. The van der Waals surface area contributed by atoms with Crippen LogP contribution in [0.3, 0.4) is 0 Å². The zero-order valence-electron chi connectivity index (χ0n) is 11.5. The van der Waals surface area contributed by atoms with Crippen molar-refractivity contribution in [2.75, 3.05) is 26.4 Å². The van der Waals surface area contributed by atoms with Crippen LogP contribution < -0.4 is 10.6 Å². The van der Waals surface area contributed by atoms with E-state index in [1.165, 1.54) is 10.5 Å². The molecule has 1 aromatic carbocycles. The van der Waals surface area contributed by atoms with Crippen LogP contribution in [0, 0.1) is 0 Å². The number of nitrogens with one attached hydrogen (secondary N) is 2. The summed E-state index contributed by atoms with van der Waals surface area (Å²) in [6, 6.07) is 8.51. The molecule has 0 aliphatic carbocycles. The number of likely N-dealkylation sites (N-methyl/N-ethyl adjacent to an activating group) is 1. The smallest absolute Gasteiger partial charge is 0.233 e. The number of rotatable bonds is 6. The minimum atomic E-state index is -0.0552. The van der Waals surface area contributed by atoms with Crippen LogP contribution in [0.2, 0.25) is 0 Å². The van der Waals surface area contributed by atoms with E-state index in [1.807, 2.05) is 0 Å². The molecule has 0 radical (unpaired) electrons. The molecular weight excluding hydrogens is 244 g/mol. The van der Waals surface area contributed by atoms with Gasteiger partial charge >= 0.3 is 0 Å². The lowest BCUT2D eigenvalue weighted by atomic mass is 9.84. The van der Waals surface area contributed by atoms with Crippen LogP contribution in [-0.2, 0) is 10.2 Å². The van der Waals surface area contributed by atoms with Gasteiger partial charge in [0.25, 0.3) is 0 Å². The molecule has 0 spiro atoms. The minimum absolute atomic E-state index is 0.0336. The number of hydrogen-bond acceptors (Lipinski definition) is 3. The lowest BCUT2D eigenvalue weighted by Crippen LogP contribution is -2.40. The Bertz CT molecular complexity index is 387. The van der Waals surface area contributed by atoms with E-state index in [0.29, 0.717) is 13.1 Å². The van der Waals surface area contributed by atoms with Gasteiger partial charge in [0.1, 0.15) is 0 Å². The molecule has 0 saturated heterocycles. The minimum Gasteiger partial charge on any atom is -0.354 e. The molecule has 0 aliphatic heterocycles.